The Labute approximate surface area is 156 Å². The van der Waals surface area contributed by atoms with Crippen molar-refractivity contribution in [3.63, 3.8) is 0 Å². The van der Waals surface area contributed by atoms with Gasteiger partial charge in [0.1, 0.15) is 0 Å². The highest BCUT2D eigenvalue weighted by molar-refractivity contribution is 7.13. The summed E-state index contributed by atoms with van der Waals surface area (Å²) in [6.45, 7) is 0. The largest absolute Gasteiger partial charge is 0.481 e. The van der Waals surface area contributed by atoms with Crippen molar-refractivity contribution in [3.05, 3.63) is 83.7 Å². The standard InChI is InChI=1S/C23H18O2S/c24-23(25)12-8-16-7-11-20(22-6-3-13-26-22)21(14-16)19-10-9-17-4-1-2-5-18(17)15-19/h1-7,9-11,13-15H,8,12H2,(H,24,25). The molecule has 0 bridgehead atoms. The number of hydrogen-bond donors (Lipinski definition) is 1. The maximum Gasteiger partial charge on any atom is 0.303 e. The van der Waals surface area contributed by atoms with Crippen molar-refractivity contribution in [3.8, 4) is 21.6 Å². The maximum atomic E-state index is 10.9. The minimum atomic E-state index is -0.764. The fraction of sp³-hybridized carbons (Fsp3) is 0.0870. The average Bonchev–Trinajstić information content (AvgIpc) is 3.20. The number of hydrogen-bond acceptors (Lipinski definition) is 2. The van der Waals surface area contributed by atoms with Crippen LogP contribution in [0.3, 0.4) is 0 Å². The van der Waals surface area contributed by atoms with Gasteiger partial charge in [-0.15, -0.1) is 11.3 Å². The topological polar surface area (TPSA) is 37.3 Å². The van der Waals surface area contributed by atoms with Crippen molar-refractivity contribution in [2.75, 3.05) is 0 Å². The minimum absolute atomic E-state index is 0.148. The summed E-state index contributed by atoms with van der Waals surface area (Å²) in [7, 11) is 0. The molecule has 0 spiro atoms. The van der Waals surface area contributed by atoms with E-state index in [0.717, 1.165) is 16.7 Å². The lowest BCUT2D eigenvalue weighted by molar-refractivity contribution is -0.136. The number of benzene rings is 3. The Balaban J connectivity index is 1.84. The van der Waals surface area contributed by atoms with Gasteiger partial charge in [-0.2, -0.15) is 0 Å². The van der Waals surface area contributed by atoms with E-state index in [1.807, 2.05) is 12.1 Å². The highest BCUT2D eigenvalue weighted by atomic mass is 32.1. The molecule has 4 rings (SSSR count). The summed E-state index contributed by atoms with van der Waals surface area (Å²) in [5.74, 6) is -0.764. The lowest BCUT2D eigenvalue weighted by atomic mass is 9.93. The first-order chi connectivity index (χ1) is 12.7. The molecule has 0 saturated heterocycles. The average molecular weight is 358 g/mol. The van der Waals surface area contributed by atoms with Gasteiger partial charge < -0.3 is 5.11 Å². The zero-order valence-corrected chi connectivity index (χ0v) is 15.0. The van der Waals surface area contributed by atoms with E-state index < -0.39 is 5.97 Å². The molecular weight excluding hydrogens is 340 g/mol. The second-order valence-electron chi connectivity index (χ2n) is 6.31. The van der Waals surface area contributed by atoms with E-state index in [2.05, 4.69) is 66.0 Å². The number of carboxylic acid groups (broad SMARTS) is 1. The molecule has 3 heteroatoms. The van der Waals surface area contributed by atoms with Crippen LogP contribution in [-0.2, 0) is 11.2 Å². The van der Waals surface area contributed by atoms with Crippen molar-refractivity contribution in [2.24, 2.45) is 0 Å². The molecule has 1 N–H and O–H groups in total. The summed E-state index contributed by atoms with van der Waals surface area (Å²) in [6, 6.07) is 25.3. The van der Waals surface area contributed by atoms with E-state index in [9.17, 15) is 4.79 Å². The first kappa shape index (κ1) is 16.6. The van der Waals surface area contributed by atoms with E-state index in [4.69, 9.17) is 5.11 Å². The third-order valence-electron chi connectivity index (χ3n) is 4.56. The molecule has 0 saturated carbocycles. The van der Waals surface area contributed by atoms with Crippen LogP contribution in [0, 0.1) is 0 Å². The normalized spacial score (nSPS) is 10.9. The Bertz CT molecular complexity index is 1060. The van der Waals surface area contributed by atoms with Crippen LogP contribution in [0.2, 0.25) is 0 Å². The number of aliphatic carboxylic acids is 1. The predicted molar refractivity (Wildman–Crippen MR) is 109 cm³/mol. The number of fused-ring (bicyclic) bond motifs is 1. The molecule has 0 aliphatic carbocycles. The number of aryl methyl sites for hydroxylation is 1. The van der Waals surface area contributed by atoms with Crippen molar-refractivity contribution in [1.82, 2.24) is 0 Å². The Morgan fingerprint density at radius 1 is 0.846 bits per heavy atom. The molecule has 26 heavy (non-hydrogen) atoms. The zero-order valence-electron chi connectivity index (χ0n) is 14.2. The summed E-state index contributed by atoms with van der Waals surface area (Å²) < 4.78 is 0. The molecule has 0 fully saturated rings. The van der Waals surface area contributed by atoms with Crippen molar-refractivity contribution in [1.29, 1.82) is 0 Å². The number of carbonyl (C=O) groups is 1. The number of thiophene rings is 1. The summed E-state index contributed by atoms with van der Waals surface area (Å²) in [5, 5.41) is 13.5. The molecule has 0 unspecified atom stereocenters. The number of carboxylic acids is 1. The third-order valence-corrected chi connectivity index (χ3v) is 5.46. The van der Waals surface area contributed by atoms with E-state index in [1.54, 1.807) is 11.3 Å². The summed E-state index contributed by atoms with van der Waals surface area (Å²) in [6.07, 6.45) is 0.691. The lowest BCUT2D eigenvalue weighted by Gasteiger charge is -2.12. The molecule has 4 aromatic rings. The van der Waals surface area contributed by atoms with Gasteiger partial charge in [0.05, 0.1) is 0 Å². The molecule has 128 valence electrons. The van der Waals surface area contributed by atoms with Gasteiger partial charge in [-0.05, 0) is 57.0 Å². The van der Waals surface area contributed by atoms with Gasteiger partial charge in [0, 0.05) is 11.3 Å². The highest BCUT2D eigenvalue weighted by Crippen LogP contribution is 2.36. The van der Waals surface area contributed by atoms with E-state index in [0.29, 0.717) is 6.42 Å². The summed E-state index contributed by atoms with van der Waals surface area (Å²) in [5.41, 5.74) is 4.55. The molecule has 0 amide bonds. The predicted octanol–water partition coefficient (Wildman–Crippen LogP) is 6.25. The Morgan fingerprint density at radius 2 is 1.69 bits per heavy atom. The van der Waals surface area contributed by atoms with E-state index in [-0.39, 0.29) is 6.42 Å². The lowest BCUT2D eigenvalue weighted by Crippen LogP contribution is -1.98. The van der Waals surface area contributed by atoms with Gasteiger partial charge in [0.15, 0.2) is 0 Å². The van der Waals surface area contributed by atoms with Gasteiger partial charge in [0.2, 0.25) is 0 Å². The molecule has 3 aromatic carbocycles. The van der Waals surface area contributed by atoms with Crippen LogP contribution in [0.25, 0.3) is 32.3 Å². The fourth-order valence-electron chi connectivity index (χ4n) is 3.24. The van der Waals surface area contributed by atoms with Crippen LogP contribution >= 0.6 is 11.3 Å². The first-order valence-electron chi connectivity index (χ1n) is 8.58. The second-order valence-corrected chi connectivity index (χ2v) is 7.26. The van der Waals surface area contributed by atoms with Crippen molar-refractivity contribution >= 4 is 28.1 Å². The van der Waals surface area contributed by atoms with Gasteiger partial charge in [-0.1, -0.05) is 60.7 Å². The summed E-state index contributed by atoms with van der Waals surface area (Å²) in [4.78, 5) is 12.1. The minimum Gasteiger partial charge on any atom is -0.481 e. The van der Waals surface area contributed by atoms with Gasteiger partial charge >= 0.3 is 5.97 Å². The molecule has 0 atom stereocenters. The van der Waals surface area contributed by atoms with Gasteiger partial charge in [-0.3, -0.25) is 4.79 Å². The van der Waals surface area contributed by atoms with Crippen LogP contribution in [0.15, 0.2) is 78.2 Å². The maximum absolute atomic E-state index is 10.9. The van der Waals surface area contributed by atoms with Crippen molar-refractivity contribution < 1.29 is 9.90 Å². The molecule has 2 nitrogen and oxygen atoms in total. The fourth-order valence-corrected chi connectivity index (χ4v) is 4.01. The molecule has 0 aliphatic rings. The van der Waals surface area contributed by atoms with E-state index in [1.165, 1.54) is 21.2 Å². The molecule has 1 aromatic heterocycles. The highest BCUT2D eigenvalue weighted by Gasteiger charge is 2.11. The third kappa shape index (κ3) is 3.39. The summed E-state index contributed by atoms with van der Waals surface area (Å²) >= 11 is 1.72. The quantitative estimate of drug-likeness (QED) is 0.458. The Hall–Kier alpha value is -2.91. The van der Waals surface area contributed by atoms with Crippen LogP contribution in [-0.4, -0.2) is 11.1 Å². The van der Waals surface area contributed by atoms with Crippen LogP contribution < -0.4 is 0 Å². The van der Waals surface area contributed by atoms with Crippen LogP contribution in [0.1, 0.15) is 12.0 Å². The molecule has 0 radical (unpaired) electrons. The van der Waals surface area contributed by atoms with Gasteiger partial charge in [-0.25, -0.2) is 0 Å². The van der Waals surface area contributed by atoms with Crippen LogP contribution in [0.5, 0.6) is 0 Å². The van der Waals surface area contributed by atoms with Crippen LogP contribution in [0.4, 0.5) is 0 Å². The monoisotopic (exact) mass is 358 g/mol. The zero-order chi connectivity index (χ0) is 17.9. The smallest absolute Gasteiger partial charge is 0.303 e. The Kier molecular flexibility index (Phi) is 4.55. The first-order valence-corrected chi connectivity index (χ1v) is 9.46. The molecule has 0 aliphatic heterocycles. The van der Waals surface area contributed by atoms with E-state index >= 15 is 0 Å². The Morgan fingerprint density at radius 3 is 2.46 bits per heavy atom. The van der Waals surface area contributed by atoms with Crippen molar-refractivity contribution in [2.45, 2.75) is 12.8 Å². The number of rotatable bonds is 5. The second kappa shape index (κ2) is 7.14. The molecule has 1 heterocycles. The molecular formula is C23H18O2S. The van der Waals surface area contributed by atoms with Gasteiger partial charge in [0.25, 0.3) is 0 Å². The SMILES string of the molecule is O=C(O)CCc1ccc(-c2cccs2)c(-c2ccc3ccccc3c2)c1.